The first-order valence-electron chi connectivity index (χ1n) is 6.99. The van der Waals surface area contributed by atoms with E-state index in [1.54, 1.807) is 6.92 Å². The van der Waals surface area contributed by atoms with Gasteiger partial charge in [-0.05, 0) is 31.6 Å². The van der Waals surface area contributed by atoms with Crippen molar-refractivity contribution >= 4 is 17.5 Å². The average molecular weight is 279 g/mol. The van der Waals surface area contributed by atoms with Crippen LogP contribution in [0.15, 0.2) is 0 Å². The highest BCUT2D eigenvalue weighted by atomic mass is 16.6. The fourth-order valence-corrected chi connectivity index (χ4v) is 2.70. The summed E-state index contributed by atoms with van der Waals surface area (Å²) in [5.41, 5.74) is 5.78. The van der Waals surface area contributed by atoms with Crippen molar-refractivity contribution in [2.75, 3.05) is 17.6 Å². The number of anilines is 2. The third-order valence-corrected chi connectivity index (χ3v) is 3.95. The molecule has 0 bridgehead atoms. The van der Waals surface area contributed by atoms with Crippen molar-refractivity contribution in [3.05, 3.63) is 15.8 Å². The van der Waals surface area contributed by atoms with Crippen LogP contribution in [0.4, 0.5) is 17.5 Å². The quantitative estimate of drug-likeness (QED) is 0.647. The molecular weight excluding hydrogens is 258 g/mol. The van der Waals surface area contributed by atoms with Gasteiger partial charge >= 0.3 is 5.69 Å². The third-order valence-electron chi connectivity index (χ3n) is 3.95. The predicted molar refractivity (Wildman–Crippen MR) is 77.4 cm³/mol. The molecule has 1 aliphatic carbocycles. The summed E-state index contributed by atoms with van der Waals surface area (Å²) in [4.78, 5) is 18.4. The zero-order valence-electron chi connectivity index (χ0n) is 11.9. The Labute approximate surface area is 118 Å². The minimum Gasteiger partial charge on any atom is -0.368 e. The molecule has 1 aromatic rings. The van der Waals surface area contributed by atoms with Gasteiger partial charge in [-0.1, -0.05) is 19.8 Å². The van der Waals surface area contributed by atoms with Crippen molar-refractivity contribution in [1.82, 2.24) is 9.97 Å². The lowest BCUT2D eigenvalue weighted by Crippen LogP contribution is -2.21. The van der Waals surface area contributed by atoms with Gasteiger partial charge in [-0.3, -0.25) is 10.1 Å². The van der Waals surface area contributed by atoms with Crippen molar-refractivity contribution in [2.45, 2.75) is 39.5 Å². The van der Waals surface area contributed by atoms with Gasteiger partial charge in [0.25, 0.3) is 0 Å². The van der Waals surface area contributed by atoms with Gasteiger partial charge in [0.2, 0.25) is 11.8 Å². The summed E-state index contributed by atoms with van der Waals surface area (Å²) in [6.07, 6.45) is 4.75. The van der Waals surface area contributed by atoms with Gasteiger partial charge in [0.05, 0.1) is 4.92 Å². The molecule has 0 radical (unpaired) electrons. The van der Waals surface area contributed by atoms with Crippen LogP contribution in [0.25, 0.3) is 0 Å². The van der Waals surface area contributed by atoms with E-state index in [0.717, 1.165) is 18.8 Å². The van der Waals surface area contributed by atoms with Crippen LogP contribution in [0.1, 0.15) is 38.3 Å². The summed E-state index contributed by atoms with van der Waals surface area (Å²) < 4.78 is 0. The van der Waals surface area contributed by atoms with Crippen molar-refractivity contribution in [3.63, 3.8) is 0 Å². The topological polar surface area (TPSA) is 107 Å². The molecule has 0 unspecified atom stereocenters. The zero-order valence-corrected chi connectivity index (χ0v) is 11.9. The lowest BCUT2D eigenvalue weighted by atomic mass is 9.83. The molecule has 1 aliphatic rings. The Morgan fingerprint density at radius 3 is 2.60 bits per heavy atom. The van der Waals surface area contributed by atoms with Gasteiger partial charge in [-0.25, -0.2) is 4.98 Å². The van der Waals surface area contributed by atoms with E-state index < -0.39 is 4.92 Å². The molecule has 0 atom stereocenters. The Kier molecular flexibility index (Phi) is 4.36. The summed E-state index contributed by atoms with van der Waals surface area (Å²) >= 11 is 0. The summed E-state index contributed by atoms with van der Waals surface area (Å²) in [5, 5.41) is 14.2. The van der Waals surface area contributed by atoms with E-state index in [0.29, 0.717) is 18.2 Å². The van der Waals surface area contributed by atoms with Gasteiger partial charge < -0.3 is 11.1 Å². The van der Waals surface area contributed by atoms with Gasteiger partial charge in [-0.2, -0.15) is 4.98 Å². The first-order chi connectivity index (χ1) is 9.47. The highest BCUT2D eigenvalue weighted by Gasteiger charge is 2.23. The Bertz CT molecular complexity index is 498. The van der Waals surface area contributed by atoms with Gasteiger partial charge in [0, 0.05) is 6.54 Å². The molecule has 0 saturated heterocycles. The molecule has 3 N–H and O–H groups in total. The number of nitrogen functional groups attached to an aromatic ring is 1. The Morgan fingerprint density at radius 2 is 2.00 bits per heavy atom. The minimum absolute atomic E-state index is 0.0628. The molecule has 0 aliphatic heterocycles. The standard InChI is InChI=1S/C13H21N5O2/c1-8-3-5-10(6-4-8)7-15-12-11(18(19)20)9(2)16-13(14)17-12/h8,10H,3-7H2,1-2H3,(H3,14,15,16,17). The smallest absolute Gasteiger partial charge is 0.332 e. The summed E-state index contributed by atoms with van der Waals surface area (Å²) in [7, 11) is 0. The number of nitrogens with one attached hydrogen (secondary N) is 1. The van der Waals surface area contributed by atoms with Gasteiger partial charge in [-0.15, -0.1) is 0 Å². The second kappa shape index (κ2) is 6.02. The van der Waals surface area contributed by atoms with Crippen LogP contribution in [0, 0.1) is 28.9 Å². The molecule has 20 heavy (non-hydrogen) atoms. The number of rotatable bonds is 4. The van der Waals surface area contributed by atoms with E-state index in [4.69, 9.17) is 5.73 Å². The highest BCUT2D eigenvalue weighted by molar-refractivity contribution is 5.60. The molecule has 7 heteroatoms. The second-order valence-corrected chi connectivity index (χ2v) is 5.63. The van der Waals surface area contributed by atoms with Crippen molar-refractivity contribution in [1.29, 1.82) is 0 Å². The Hall–Kier alpha value is -1.92. The van der Waals surface area contributed by atoms with Crippen LogP contribution in [-0.2, 0) is 0 Å². The van der Waals surface area contributed by atoms with Gasteiger partial charge in [0.1, 0.15) is 5.69 Å². The number of aromatic nitrogens is 2. The van der Waals surface area contributed by atoms with Crippen LogP contribution >= 0.6 is 0 Å². The second-order valence-electron chi connectivity index (χ2n) is 5.63. The van der Waals surface area contributed by atoms with E-state index in [1.807, 2.05) is 0 Å². The molecule has 2 rings (SSSR count). The largest absolute Gasteiger partial charge is 0.368 e. The van der Waals surface area contributed by atoms with Crippen molar-refractivity contribution in [2.24, 2.45) is 11.8 Å². The molecule has 1 aromatic heterocycles. The predicted octanol–water partition coefficient (Wildman–Crippen LogP) is 2.51. The van der Waals surface area contributed by atoms with Crippen LogP contribution in [0.2, 0.25) is 0 Å². The Balaban J connectivity index is 2.07. The number of hydrogen-bond donors (Lipinski definition) is 2. The fraction of sp³-hybridized carbons (Fsp3) is 0.692. The molecule has 0 amide bonds. The molecule has 110 valence electrons. The fourth-order valence-electron chi connectivity index (χ4n) is 2.70. The number of nitrogens with zero attached hydrogens (tertiary/aromatic N) is 3. The number of aryl methyl sites for hydroxylation is 1. The SMILES string of the molecule is Cc1nc(N)nc(NCC2CCC(C)CC2)c1[N+](=O)[O-]. The van der Waals surface area contributed by atoms with Crippen LogP contribution in [0.5, 0.6) is 0 Å². The molecule has 1 saturated carbocycles. The zero-order chi connectivity index (χ0) is 14.7. The lowest BCUT2D eigenvalue weighted by molar-refractivity contribution is -0.385. The maximum absolute atomic E-state index is 11.1. The van der Waals surface area contributed by atoms with E-state index in [2.05, 4.69) is 22.2 Å². The van der Waals surface area contributed by atoms with Crippen LogP contribution in [-0.4, -0.2) is 21.4 Å². The van der Waals surface area contributed by atoms with E-state index >= 15 is 0 Å². The van der Waals surface area contributed by atoms with Crippen LogP contribution < -0.4 is 11.1 Å². The van der Waals surface area contributed by atoms with Crippen LogP contribution in [0.3, 0.4) is 0 Å². The number of nitrogens with two attached hydrogens (primary N) is 1. The normalized spacial score (nSPS) is 22.5. The molecular formula is C13H21N5O2. The van der Waals surface area contributed by atoms with Crippen molar-refractivity contribution in [3.8, 4) is 0 Å². The van der Waals surface area contributed by atoms with E-state index in [1.165, 1.54) is 12.8 Å². The van der Waals surface area contributed by atoms with Crippen molar-refractivity contribution < 1.29 is 4.92 Å². The molecule has 0 spiro atoms. The monoisotopic (exact) mass is 279 g/mol. The number of hydrogen-bond acceptors (Lipinski definition) is 6. The summed E-state index contributed by atoms with van der Waals surface area (Å²) in [6.45, 7) is 4.54. The molecule has 7 nitrogen and oxygen atoms in total. The Morgan fingerprint density at radius 1 is 1.35 bits per heavy atom. The van der Waals surface area contributed by atoms with E-state index in [9.17, 15) is 10.1 Å². The maximum atomic E-state index is 11.1. The van der Waals surface area contributed by atoms with E-state index in [-0.39, 0.29) is 17.5 Å². The molecule has 0 aromatic carbocycles. The number of nitro groups is 1. The summed E-state index contributed by atoms with van der Waals surface area (Å²) in [6, 6.07) is 0. The molecule has 1 heterocycles. The lowest BCUT2D eigenvalue weighted by Gasteiger charge is -2.26. The first kappa shape index (κ1) is 14.5. The summed E-state index contributed by atoms with van der Waals surface area (Å²) in [5.74, 6) is 1.63. The third kappa shape index (κ3) is 3.34. The molecule has 1 fully saturated rings. The highest BCUT2D eigenvalue weighted by Crippen LogP contribution is 2.30. The first-order valence-corrected chi connectivity index (χ1v) is 6.99. The van der Waals surface area contributed by atoms with Gasteiger partial charge in [0.15, 0.2) is 0 Å². The minimum atomic E-state index is -0.458. The average Bonchev–Trinajstić information content (AvgIpc) is 2.36. The maximum Gasteiger partial charge on any atom is 0.332 e.